The van der Waals surface area contributed by atoms with Crippen LogP contribution in [0.2, 0.25) is 5.02 Å². The maximum absolute atomic E-state index is 6.13. The molecular weight excluding hydrogens is 316 g/mol. The standard InChI is InChI=1S/C12H12BrClN4/c1-18(7-8-4-2-3-5-10(8)14)11-9(13)6-16-12(15)17-11/h2-6H,7H2,1H3,(H2,15,16,17). The normalized spacial score (nSPS) is 10.4. The summed E-state index contributed by atoms with van der Waals surface area (Å²) in [6, 6.07) is 7.72. The second kappa shape index (κ2) is 5.54. The molecule has 0 atom stereocenters. The van der Waals surface area contributed by atoms with E-state index in [-0.39, 0.29) is 5.95 Å². The Morgan fingerprint density at radius 1 is 1.39 bits per heavy atom. The van der Waals surface area contributed by atoms with Gasteiger partial charge in [0, 0.05) is 24.8 Å². The molecule has 18 heavy (non-hydrogen) atoms. The number of benzene rings is 1. The van der Waals surface area contributed by atoms with Crippen molar-refractivity contribution in [1.82, 2.24) is 9.97 Å². The first-order chi connectivity index (χ1) is 8.58. The molecule has 0 unspecified atom stereocenters. The Morgan fingerprint density at radius 3 is 2.83 bits per heavy atom. The lowest BCUT2D eigenvalue weighted by Crippen LogP contribution is -2.19. The Kier molecular flexibility index (Phi) is 4.04. The molecule has 0 spiro atoms. The number of nitrogen functional groups attached to an aromatic ring is 1. The number of hydrogen-bond donors (Lipinski definition) is 1. The summed E-state index contributed by atoms with van der Waals surface area (Å²) >= 11 is 9.54. The number of rotatable bonds is 3. The van der Waals surface area contributed by atoms with Gasteiger partial charge >= 0.3 is 0 Å². The third-order valence-electron chi connectivity index (χ3n) is 2.47. The van der Waals surface area contributed by atoms with E-state index in [0.29, 0.717) is 6.54 Å². The summed E-state index contributed by atoms with van der Waals surface area (Å²) in [5, 5.41) is 0.738. The maximum Gasteiger partial charge on any atom is 0.222 e. The van der Waals surface area contributed by atoms with Crippen LogP contribution >= 0.6 is 27.5 Å². The summed E-state index contributed by atoms with van der Waals surface area (Å²) in [5.41, 5.74) is 6.63. The van der Waals surface area contributed by atoms with Crippen LogP contribution in [0.25, 0.3) is 0 Å². The van der Waals surface area contributed by atoms with Crippen molar-refractivity contribution in [2.75, 3.05) is 17.7 Å². The van der Waals surface area contributed by atoms with Crippen LogP contribution in [0.15, 0.2) is 34.9 Å². The average Bonchev–Trinajstić information content (AvgIpc) is 2.35. The van der Waals surface area contributed by atoms with Gasteiger partial charge in [-0.15, -0.1) is 0 Å². The molecule has 0 radical (unpaired) electrons. The van der Waals surface area contributed by atoms with Crippen molar-refractivity contribution in [2.24, 2.45) is 0 Å². The molecule has 2 aromatic rings. The van der Waals surface area contributed by atoms with Gasteiger partial charge in [-0.05, 0) is 27.6 Å². The van der Waals surface area contributed by atoms with Crippen LogP contribution < -0.4 is 10.6 Å². The van der Waals surface area contributed by atoms with Crippen molar-refractivity contribution >= 4 is 39.3 Å². The number of hydrogen-bond acceptors (Lipinski definition) is 4. The first-order valence-corrected chi connectivity index (χ1v) is 6.47. The number of halogens is 2. The quantitative estimate of drug-likeness (QED) is 0.941. The largest absolute Gasteiger partial charge is 0.368 e. The molecule has 94 valence electrons. The van der Waals surface area contributed by atoms with E-state index < -0.39 is 0 Å². The van der Waals surface area contributed by atoms with E-state index in [9.17, 15) is 0 Å². The van der Waals surface area contributed by atoms with Crippen molar-refractivity contribution in [1.29, 1.82) is 0 Å². The van der Waals surface area contributed by atoms with Crippen molar-refractivity contribution in [2.45, 2.75) is 6.54 Å². The minimum absolute atomic E-state index is 0.249. The van der Waals surface area contributed by atoms with E-state index in [1.54, 1.807) is 6.20 Å². The predicted octanol–water partition coefficient (Wildman–Crippen LogP) is 3.11. The first-order valence-electron chi connectivity index (χ1n) is 5.30. The van der Waals surface area contributed by atoms with Crippen molar-refractivity contribution in [3.05, 3.63) is 45.5 Å². The summed E-state index contributed by atoms with van der Waals surface area (Å²) in [4.78, 5) is 10.1. The number of nitrogens with zero attached hydrogens (tertiary/aromatic N) is 3. The fourth-order valence-electron chi connectivity index (χ4n) is 1.60. The molecule has 0 saturated heterocycles. The van der Waals surface area contributed by atoms with Crippen LogP contribution in [-0.4, -0.2) is 17.0 Å². The van der Waals surface area contributed by atoms with Gasteiger partial charge in [-0.25, -0.2) is 4.98 Å². The second-order valence-corrected chi connectivity index (χ2v) is 5.11. The zero-order valence-corrected chi connectivity index (χ0v) is 12.1. The van der Waals surface area contributed by atoms with Crippen LogP contribution in [0.3, 0.4) is 0 Å². The number of aromatic nitrogens is 2. The minimum Gasteiger partial charge on any atom is -0.368 e. The highest BCUT2D eigenvalue weighted by Gasteiger charge is 2.10. The first kappa shape index (κ1) is 13.1. The average molecular weight is 328 g/mol. The Morgan fingerprint density at radius 2 is 2.11 bits per heavy atom. The summed E-state index contributed by atoms with van der Waals surface area (Å²) in [5.74, 6) is 0.988. The molecule has 1 aromatic carbocycles. The molecule has 0 fully saturated rings. The van der Waals surface area contributed by atoms with E-state index in [4.69, 9.17) is 17.3 Å². The topological polar surface area (TPSA) is 55.0 Å². The second-order valence-electron chi connectivity index (χ2n) is 3.85. The summed E-state index contributed by atoms with van der Waals surface area (Å²) in [6.07, 6.45) is 1.64. The molecule has 4 nitrogen and oxygen atoms in total. The predicted molar refractivity (Wildman–Crippen MR) is 77.7 cm³/mol. The van der Waals surface area contributed by atoms with Crippen LogP contribution in [0.5, 0.6) is 0 Å². The molecule has 1 heterocycles. The lowest BCUT2D eigenvalue weighted by atomic mass is 10.2. The van der Waals surface area contributed by atoms with Gasteiger partial charge < -0.3 is 10.6 Å². The number of anilines is 2. The van der Waals surface area contributed by atoms with Gasteiger partial charge in [-0.2, -0.15) is 4.98 Å². The summed E-state index contributed by atoms with van der Waals surface area (Å²) in [6.45, 7) is 0.648. The van der Waals surface area contributed by atoms with Gasteiger partial charge in [-0.3, -0.25) is 0 Å². The van der Waals surface area contributed by atoms with E-state index in [0.717, 1.165) is 20.9 Å². The third-order valence-corrected chi connectivity index (χ3v) is 3.40. The Bertz CT molecular complexity index is 562. The number of nitrogens with two attached hydrogens (primary N) is 1. The molecule has 0 aliphatic heterocycles. The van der Waals surface area contributed by atoms with Gasteiger partial charge in [0.05, 0.1) is 4.47 Å². The summed E-state index contributed by atoms with van der Waals surface area (Å²) in [7, 11) is 1.93. The molecule has 0 saturated carbocycles. The smallest absolute Gasteiger partial charge is 0.222 e. The third kappa shape index (κ3) is 2.91. The molecule has 6 heteroatoms. The van der Waals surface area contributed by atoms with Crippen molar-refractivity contribution < 1.29 is 0 Å². The van der Waals surface area contributed by atoms with Gasteiger partial charge in [0.1, 0.15) is 5.82 Å². The van der Waals surface area contributed by atoms with Crippen LogP contribution in [0.4, 0.5) is 11.8 Å². The van der Waals surface area contributed by atoms with Gasteiger partial charge in [0.15, 0.2) is 0 Å². The highest BCUT2D eigenvalue weighted by molar-refractivity contribution is 9.10. The van der Waals surface area contributed by atoms with Gasteiger partial charge in [0.25, 0.3) is 0 Å². The fraction of sp³-hybridized carbons (Fsp3) is 0.167. The fourth-order valence-corrected chi connectivity index (χ4v) is 2.29. The molecule has 2 N–H and O–H groups in total. The van der Waals surface area contributed by atoms with Crippen molar-refractivity contribution in [3.63, 3.8) is 0 Å². The minimum atomic E-state index is 0.249. The van der Waals surface area contributed by atoms with Crippen LogP contribution in [0.1, 0.15) is 5.56 Å². The Balaban J connectivity index is 2.25. The van der Waals surface area contributed by atoms with Crippen molar-refractivity contribution in [3.8, 4) is 0 Å². The van der Waals surface area contributed by atoms with Crippen LogP contribution in [0, 0.1) is 0 Å². The molecule has 0 bridgehead atoms. The summed E-state index contributed by atoms with van der Waals surface area (Å²) < 4.78 is 0.797. The Labute approximate surface area is 119 Å². The van der Waals surface area contributed by atoms with Gasteiger partial charge in [0.2, 0.25) is 5.95 Å². The van der Waals surface area contributed by atoms with E-state index in [2.05, 4.69) is 25.9 Å². The molecular formula is C12H12BrClN4. The monoisotopic (exact) mass is 326 g/mol. The Hall–Kier alpha value is -1.33. The molecule has 0 aliphatic carbocycles. The maximum atomic E-state index is 6.13. The molecule has 0 aliphatic rings. The molecule has 2 rings (SSSR count). The van der Waals surface area contributed by atoms with E-state index in [1.807, 2.05) is 36.2 Å². The van der Waals surface area contributed by atoms with Crippen LogP contribution in [-0.2, 0) is 6.54 Å². The van der Waals surface area contributed by atoms with E-state index >= 15 is 0 Å². The van der Waals surface area contributed by atoms with Gasteiger partial charge in [-0.1, -0.05) is 29.8 Å². The molecule has 1 aromatic heterocycles. The lowest BCUT2D eigenvalue weighted by molar-refractivity contribution is 0.889. The molecule has 0 amide bonds. The highest BCUT2D eigenvalue weighted by Crippen LogP contribution is 2.25. The zero-order chi connectivity index (χ0) is 13.1. The van der Waals surface area contributed by atoms with E-state index in [1.165, 1.54) is 0 Å². The zero-order valence-electron chi connectivity index (χ0n) is 9.77. The SMILES string of the molecule is CN(Cc1ccccc1Cl)c1nc(N)ncc1Br. The highest BCUT2D eigenvalue weighted by atomic mass is 79.9. The lowest BCUT2D eigenvalue weighted by Gasteiger charge is -2.20.